The first kappa shape index (κ1) is 20.5. The largest absolute Gasteiger partial charge is 0.464 e. The maximum Gasteiger partial charge on any atom is 0.339 e. The van der Waals surface area contributed by atoms with Crippen LogP contribution in [0.2, 0.25) is 0 Å². The summed E-state index contributed by atoms with van der Waals surface area (Å²) < 4.78 is 11.4. The minimum atomic E-state index is -0.401. The molecule has 2 aromatic carbocycles. The van der Waals surface area contributed by atoms with Crippen LogP contribution in [0.5, 0.6) is 0 Å². The number of amides is 1. The van der Waals surface area contributed by atoms with E-state index >= 15 is 0 Å². The Morgan fingerprint density at radius 3 is 2.85 bits per heavy atom. The van der Waals surface area contributed by atoms with E-state index in [4.69, 9.17) is 8.83 Å². The summed E-state index contributed by atoms with van der Waals surface area (Å²) in [5.74, 6) is 0.0239. The van der Waals surface area contributed by atoms with Crippen LogP contribution >= 0.6 is 0 Å². The van der Waals surface area contributed by atoms with Gasteiger partial charge in [-0.1, -0.05) is 30.3 Å². The molecular weight excluding hydrogens is 430 g/mol. The molecule has 6 rings (SSSR count). The van der Waals surface area contributed by atoms with Gasteiger partial charge in [0.15, 0.2) is 0 Å². The molecule has 0 radical (unpaired) electrons. The van der Waals surface area contributed by atoms with Crippen molar-refractivity contribution < 1.29 is 13.6 Å². The molecule has 1 N–H and O–H groups in total. The van der Waals surface area contributed by atoms with E-state index in [1.165, 1.54) is 0 Å². The Bertz CT molecular complexity index is 1590. The first-order chi connectivity index (χ1) is 16.6. The fraction of sp³-hybridized carbons (Fsp3) is 0.222. The Labute approximate surface area is 195 Å². The number of H-pyrrole nitrogens is 1. The number of furan rings is 1. The van der Waals surface area contributed by atoms with E-state index in [9.17, 15) is 9.59 Å². The van der Waals surface area contributed by atoms with E-state index in [2.05, 4.69) is 9.97 Å². The van der Waals surface area contributed by atoms with Gasteiger partial charge in [0.1, 0.15) is 11.2 Å². The van der Waals surface area contributed by atoms with E-state index in [1.807, 2.05) is 48.2 Å². The molecule has 0 aliphatic carbocycles. The molecule has 0 saturated heterocycles. The number of aryl methyl sites for hydroxylation is 1. The number of carbonyl (C=O) groups is 1. The van der Waals surface area contributed by atoms with Crippen molar-refractivity contribution in [1.29, 1.82) is 0 Å². The van der Waals surface area contributed by atoms with Gasteiger partial charge in [0.2, 0.25) is 5.91 Å². The average molecular weight is 453 g/mol. The van der Waals surface area contributed by atoms with E-state index < -0.39 is 5.63 Å². The van der Waals surface area contributed by atoms with Crippen molar-refractivity contribution >= 4 is 27.8 Å². The molecule has 170 valence electrons. The number of hydrogen-bond donors (Lipinski definition) is 1. The molecule has 0 spiro atoms. The van der Waals surface area contributed by atoms with Crippen molar-refractivity contribution in [3.05, 3.63) is 88.0 Å². The monoisotopic (exact) mass is 453 g/mol. The summed E-state index contributed by atoms with van der Waals surface area (Å²) >= 11 is 0. The number of carbonyl (C=O) groups excluding carboxylic acids is 1. The Balaban J connectivity index is 1.31. The number of aromatic amines is 1. The molecule has 0 atom stereocenters. The maximum atomic E-state index is 12.9. The van der Waals surface area contributed by atoms with Crippen molar-refractivity contribution in [2.24, 2.45) is 0 Å². The van der Waals surface area contributed by atoms with Crippen LogP contribution in [0, 0.1) is 6.92 Å². The van der Waals surface area contributed by atoms with Crippen molar-refractivity contribution in [3.63, 3.8) is 0 Å². The van der Waals surface area contributed by atoms with Crippen LogP contribution in [-0.2, 0) is 24.2 Å². The highest BCUT2D eigenvalue weighted by molar-refractivity contribution is 6.02. The summed E-state index contributed by atoms with van der Waals surface area (Å²) in [6, 6.07) is 13.8. The number of imidazole rings is 1. The van der Waals surface area contributed by atoms with Gasteiger partial charge in [-0.15, -0.1) is 0 Å². The van der Waals surface area contributed by atoms with Gasteiger partial charge in [-0.25, -0.2) is 9.78 Å². The Kier molecular flexibility index (Phi) is 4.83. The summed E-state index contributed by atoms with van der Waals surface area (Å²) in [4.78, 5) is 34.9. The lowest BCUT2D eigenvalue weighted by molar-refractivity contribution is -0.132. The topological polar surface area (TPSA) is 92.3 Å². The smallest absolute Gasteiger partial charge is 0.339 e. The molecule has 0 saturated carbocycles. The van der Waals surface area contributed by atoms with Crippen LogP contribution in [0.4, 0.5) is 0 Å². The second-order valence-electron chi connectivity index (χ2n) is 8.75. The summed E-state index contributed by atoms with van der Waals surface area (Å²) in [5.41, 5.74) is 6.20. The zero-order valence-electron chi connectivity index (χ0n) is 18.8. The lowest BCUT2D eigenvalue weighted by atomic mass is 9.98. The molecule has 0 unspecified atom stereocenters. The van der Waals surface area contributed by atoms with Crippen LogP contribution in [0.15, 0.2) is 68.7 Å². The molecule has 7 heteroatoms. The highest BCUT2D eigenvalue weighted by Crippen LogP contribution is 2.34. The number of fused-ring (bicyclic) bond motifs is 3. The molecule has 0 fully saturated rings. The number of rotatable bonds is 4. The Morgan fingerprint density at radius 2 is 2.00 bits per heavy atom. The average Bonchev–Trinajstić information content (AvgIpc) is 3.49. The quantitative estimate of drug-likeness (QED) is 0.396. The molecule has 7 nitrogen and oxygen atoms in total. The van der Waals surface area contributed by atoms with Crippen LogP contribution in [0.3, 0.4) is 0 Å². The van der Waals surface area contributed by atoms with E-state index in [-0.39, 0.29) is 12.3 Å². The highest BCUT2D eigenvalue weighted by atomic mass is 16.4. The third-order valence-corrected chi connectivity index (χ3v) is 6.78. The highest BCUT2D eigenvalue weighted by Gasteiger charge is 2.23. The molecule has 1 aliphatic rings. The van der Waals surface area contributed by atoms with Gasteiger partial charge < -0.3 is 18.7 Å². The van der Waals surface area contributed by atoms with Gasteiger partial charge in [-0.2, -0.15) is 0 Å². The molecule has 0 bridgehead atoms. The first-order valence-corrected chi connectivity index (χ1v) is 11.4. The fourth-order valence-corrected chi connectivity index (χ4v) is 4.86. The number of aromatic nitrogens is 2. The maximum absolute atomic E-state index is 12.9. The molecule has 1 amide bonds. The SMILES string of the molecule is Cc1c(CCC(=O)N2CCc3nc[nH]c3C2)c(=O)oc2cc3occ(-c4ccccc4)c3cc12. The third-order valence-electron chi connectivity index (χ3n) is 6.78. The van der Waals surface area contributed by atoms with Gasteiger partial charge in [0.05, 0.1) is 30.5 Å². The second kappa shape index (κ2) is 8.02. The summed E-state index contributed by atoms with van der Waals surface area (Å²) in [6.07, 6.45) is 4.73. The lowest BCUT2D eigenvalue weighted by Crippen LogP contribution is -2.36. The minimum absolute atomic E-state index is 0.0239. The van der Waals surface area contributed by atoms with Gasteiger partial charge in [0, 0.05) is 47.4 Å². The standard InChI is InChI=1S/C27H23N3O4/c1-16-18(7-8-26(31)30-10-9-22-23(13-30)29-15-28-22)27(32)34-25-12-24-20(11-19(16)25)21(14-33-24)17-5-3-2-4-6-17/h2-6,11-12,14-15H,7-10,13H2,1H3,(H,28,29). The van der Waals surface area contributed by atoms with Crippen LogP contribution < -0.4 is 5.63 Å². The van der Waals surface area contributed by atoms with Crippen molar-refractivity contribution in [1.82, 2.24) is 14.9 Å². The predicted molar refractivity (Wildman–Crippen MR) is 128 cm³/mol. The van der Waals surface area contributed by atoms with Crippen molar-refractivity contribution in [2.75, 3.05) is 6.54 Å². The molecule has 34 heavy (non-hydrogen) atoms. The van der Waals surface area contributed by atoms with Crippen molar-refractivity contribution in [2.45, 2.75) is 32.7 Å². The first-order valence-electron chi connectivity index (χ1n) is 11.4. The van der Waals surface area contributed by atoms with Crippen molar-refractivity contribution in [3.8, 4) is 11.1 Å². The zero-order valence-corrected chi connectivity index (χ0v) is 18.8. The van der Waals surface area contributed by atoms with Crippen LogP contribution in [0.25, 0.3) is 33.1 Å². The summed E-state index contributed by atoms with van der Waals surface area (Å²) in [5, 5.41) is 1.81. The van der Waals surface area contributed by atoms with Crippen LogP contribution in [-0.4, -0.2) is 27.3 Å². The zero-order chi connectivity index (χ0) is 23.2. The van der Waals surface area contributed by atoms with E-state index in [1.54, 1.807) is 18.7 Å². The number of nitrogens with one attached hydrogen (secondary N) is 1. The second-order valence-corrected chi connectivity index (χ2v) is 8.75. The van der Waals surface area contributed by atoms with Gasteiger partial charge in [0.25, 0.3) is 0 Å². The van der Waals surface area contributed by atoms with E-state index in [0.29, 0.717) is 36.2 Å². The third kappa shape index (κ3) is 3.41. The molecular formula is C27H23N3O4. The predicted octanol–water partition coefficient (Wildman–Crippen LogP) is 4.76. The molecule has 5 aromatic rings. The molecule has 3 aromatic heterocycles. The Morgan fingerprint density at radius 1 is 1.15 bits per heavy atom. The number of hydrogen-bond acceptors (Lipinski definition) is 5. The number of nitrogens with zero attached hydrogens (tertiary/aromatic N) is 2. The van der Waals surface area contributed by atoms with Gasteiger partial charge in [-0.05, 0) is 30.5 Å². The van der Waals surface area contributed by atoms with Crippen LogP contribution in [0.1, 0.15) is 28.9 Å². The normalized spacial score (nSPS) is 13.5. The molecule has 1 aliphatic heterocycles. The molecule has 4 heterocycles. The lowest BCUT2D eigenvalue weighted by Gasteiger charge is -2.26. The summed E-state index contributed by atoms with van der Waals surface area (Å²) in [6.45, 7) is 3.09. The Hall–Kier alpha value is -4.13. The van der Waals surface area contributed by atoms with Gasteiger partial charge in [-0.3, -0.25) is 4.79 Å². The fourth-order valence-electron chi connectivity index (χ4n) is 4.86. The number of benzene rings is 2. The van der Waals surface area contributed by atoms with E-state index in [0.717, 1.165) is 45.3 Å². The summed E-state index contributed by atoms with van der Waals surface area (Å²) in [7, 11) is 0. The minimum Gasteiger partial charge on any atom is -0.464 e. The van der Waals surface area contributed by atoms with Gasteiger partial charge >= 0.3 is 5.63 Å².